The highest BCUT2D eigenvalue weighted by molar-refractivity contribution is 7.18. The van der Waals surface area contributed by atoms with Crippen LogP contribution in [-0.4, -0.2) is 15.1 Å². The Morgan fingerprint density at radius 3 is 2.94 bits per heavy atom. The molecule has 3 rings (SSSR count). The van der Waals surface area contributed by atoms with Crippen molar-refractivity contribution in [3.05, 3.63) is 36.0 Å². The predicted octanol–water partition coefficient (Wildman–Crippen LogP) is 2.75. The van der Waals surface area contributed by atoms with Gasteiger partial charge in [0.1, 0.15) is 4.88 Å². The van der Waals surface area contributed by atoms with E-state index in [9.17, 15) is 0 Å². The third-order valence-corrected chi connectivity index (χ3v) is 3.25. The van der Waals surface area contributed by atoms with Crippen LogP contribution in [0.15, 0.2) is 35.0 Å². The summed E-state index contributed by atoms with van der Waals surface area (Å²) in [5.41, 5.74) is 7.66. The molecule has 2 heterocycles. The molecule has 2 N–H and O–H groups in total. The van der Waals surface area contributed by atoms with Gasteiger partial charge in [-0.2, -0.15) is 4.98 Å². The zero-order chi connectivity index (χ0) is 12.5. The summed E-state index contributed by atoms with van der Waals surface area (Å²) in [6.07, 6.45) is 1.63. The van der Waals surface area contributed by atoms with Crippen LogP contribution in [0.5, 0.6) is 0 Å². The van der Waals surface area contributed by atoms with Crippen molar-refractivity contribution in [2.24, 2.45) is 0 Å². The van der Waals surface area contributed by atoms with Crippen LogP contribution in [0.4, 0.5) is 5.13 Å². The molecule has 6 heteroatoms. The zero-order valence-electron chi connectivity index (χ0n) is 9.62. The van der Waals surface area contributed by atoms with E-state index >= 15 is 0 Å². The Hall–Kier alpha value is -2.21. The molecule has 0 saturated heterocycles. The van der Waals surface area contributed by atoms with Crippen molar-refractivity contribution in [3.63, 3.8) is 0 Å². The molecule has 90 valence electrons. The molecule has 2 aromatic heterocycles. The molecule has 0 amide bonds. The van der Waals surface area contributed by atoms with Gasteiger partial charge >= 0.3 is 0 Å². The zero-order valence-corrected chi connectivity index (χ0v) is 10.4. The topological polar surface area (TPSA) is 77.8 Å². The van der Waals surface area contributed by atoms with Crippen LogP contribution in [0, 0.1) is 6.92 Å². The van der Waals surface area contributed by atoms with Gasteiger partial charge in [0.25, 0.3) is 5.89 Å². The van der Waals surface area contributed by atoms with E-state index in [2.05, 4.69) is 15.1 Å². The molecular formula is C12H10N4OS. The number of aryl methyl sites for hydroxylation is 1. The Balaban J connectivity index is 1.99. The summed E-state index contributed by atoms with van der Waals surface area (Å²) in [7, 11) is 0. The van der Waals surface area contributed by atoms with E-state index in [0.717, 1.165) is 16.0 Å². The number of benzene rings is 1. The first-order valence-electron chi connectivity index (χ1n) is 5.35. The quantitative estimate of drug-likeness (QED) is 0.764. The smallest absolute Gasteiger partial charge is 0.270 e. The first-order valence-corrected chi connectivity index (χ1v) is 6.16. The molecule has 3 aromatic rings. The van der Waals surface area contributed by atoms with Gasteiger partial charge in [-0.15, -0.1) is 0 Å². The number of hydrogen-bond acceptors (Lipinski definition) is 6. The van der Waals surface area contributed by atoms with Gasteiger partial charge in [-0.1, -0.05) is 40.3 Å². The number of anilines is 1. The fourth-order valence-corrected chi connectivity index (χ4v) is 2.22. The maximum absolute atomic E-state index is 5.57. The number of nitrogen functional groups attached to an aromatic ring is 1. The first kappa shape index (κ1) is 10.9. The predicted molar refractivity (Wildman–Crippen MR) is 70.0 cm³/mol. The lowest BCUT2D eigenvalue weighted by Crippen LogP contribution is -1.81. The van der Waals surface area contributed by atoms with E-state index < -0.39 is 0 Å². The highest BCUT2D eigenvalue weighted by atomic mass is 32.1. The van der Waals surface area contributed by atoms with Gasteiger partial charge in [0.15, 0.2) is 5.13 Å². The molecule has 5 nitrogen and oxygen atoms in total. The second-order valence-electron chi connectivity index (χ2n) is 3.86. The van der Waals surface area contributed by atoms with Crippen molar-refractivity contribution in [2.75, 3.05) is 5.73 Å². The summed E-state index contributed by atoms with van der Waals surface area (Å²) in [4.78, 5) is 9.08. The standard InChI is InChI=1S/C12H10N4OS/c1-7-3-2-4-8(5-7)10-15-11(17-16-10)9-6-14-12(13)18-9/h2-6H,1H3,(H2,13,14). The van der Waals surface area contributed by atoms with Crippen molar-refractivity contribution in [1.82, 2.24) is 15.1 Å². The van der Waals surface area contributed by atoms with Crippen LogP contribution >= 0.6 is 11.3 Å². The van der Waals surface area contributed by atoms with Crippen molar-refractivity contribution in [2.45, 2.75) is 6.92 Å². The summed E-state index contributed by atoms with van der Waals surface area (Å²) in [6, 6.07) is 7.94. The average molecular weight is 258 g/mol. The Morgan fingerprint density at radius 1 is 1.33 bits per heavy atom. The summed E-state index contributed by atoms with van der Waals surface area (Å²) in [6.45, 7) is 2.02. The van der Waals surface area contributed by atoms with Crippen molar-refractivity contribution in [1.29, 1.82) is 0 Å². The normalized spacial score (nSPS) is 10.7. The van der Waals surface area contributed by atoms with Gasteiger partial charge in [0.2, 0.25) is 5.82 Å². The lowest BCUT2D eigenvalue weighted by atomic mass is 10.1. The average Bonchev–Trinajstić information content (AvgIpc) is 2.97. The van der Waals surface area contributed by atoms with E-state index in [1.165, 1.54) is 11.3 Å². The van der Waals surface area contributed by atoms with Crippen LogP contribution in [0.1, 0.15) is 5.56 Å². The summed E-state index contributed by atoms with van der Waals surface area (Å²) >= 11 is 1.32. The Labute approximate surface area is 107 Å². The van der Waals surface area contributed by atoms with Gasteiger partial charge in [0.05, 0.1) is 6.20 Å². The maximum atomic E-state index is 5.57. The largest absolute Gasteiger partial charge is 0.375 e. The molecule has 0 atom stereocenters. The van der Waals surface area contributed by atoms with E-state index in [0.29, 0.717) is 16.8 Å². The van der Waals surface area contributed by atoms with Crippen molar-refractivity contribution >= 4 is 16.5 Å². The van der Waals surface area contributed by atoms with Crippen molar-refractivity contribution in [3.8, 4) is 22.2 Å². The Morgan fingerprint density at radius 2 is 2.22 bits per heavy atom. The van der Waals surface area contributed by atoms with E-state index in [1.807, 2.05) is 31.2 Å². The minimum absolute atomic E-state index is 0.445. The fourth-order valence-electron chi connectivity index (χ4n) is 1.61. The SMILES string of the molecule is Cc1cccc(-c2noc(-c3cnc(N)s3)n2)c1. The molecule has 0 bridgehead atoms. The van der Waals surface area contributed by atoms with Crippen LogP contribution in [0.25, 0.3) is 22.2 Å². The third-order valence-electron chi connectivity index (χ3n) is 2.44. The van der Waals surface area contributed by atoms with Gasteiger partial charge in [0, 0.05) is 5.56 Å². The molecule has 0 aliphatic rings. The third kappa shape index (κ3) is 1.98. The number of hydrogen-bond donors (Lipinski definition) is 1. The number of thiazole rings is 1. The summed E-state index contributed by atoms with van der Waals surface area (Å²) in [5, 5.41) is 4.45. The second kappa shape index (κ2) is 4.23. The molecule has 0 spiro atoms. The Kier molecular flexibility index (Phi) is 2.56. The minimum atomic E-state index is 0.445. The lowest BCUT2D eigenvalue weighted by Gasteiger charge is -1.94. The van der Waals surface area contributed by atoms with Crippen LogP contribution in [0.2, 0.25) is 0 Å². The van der Waals surface area contributed by atoms with E-state index in [-0.39, 0.29) is 0 Å². The molecule has 0 saturated carbocycles. The monoisotopic (exact) mass is 258 g/mol. The summed E-state index contributed by atoms with van der Waals surface area (Å²) < 4.78 is 5.21. The van der Waals surface area contributed by atoms with Crippen molar-refractivity contribution < 1.29 is 4.52 Å². The highest BCUT2D eigenvalue weighted by Crippen LogP contribution is 2.27. The molecule has 0 unspecified atom stereocenters. The second-order valence-corrected chi connectivity index (χ2v) is 4.92. The molecule has 0 fully saturated rings. The number of nitrogens with two attached hydrogens (primary N) is 1. The van der Waals surface area contributed by atoms with Crippen LogP contribution < -0.4 is 5.73 Å². The van der Waals surface area contributed by atoms with E-state index in [4.69, 9.17) is 10.3 Å². The lowest BCUT2D eigenvalue weighted by molar-refractivity contribution is 0.433. The van der Waals surface area contributed by atoms with Gasteiger partial charge in [-0.25, -0.2) is 4.98 Å². The number of rotatable bonds is 2. The fraction of sp³-hybridized carbons (Fsp3) is 0.0833. The summed E-state index contributed by atoms with van der Waals surface area (Å²) in [5.74, 6) is 1.02. The molecule has 1 aromatic carbocycles. The Bertz CT molecular complexity index is 689. The molecule has 0 aliphatic carbocycles. The number of nitrogens with zero attached hydrogens (tertiary/aromatic N) is 3. The highest BCUT2D eigenvalue weighted by Gasteiger charge is 2.12. The number of aromatic nitrogens is 3. The van der Waals surface area contributed by atoms with Crippen LogP contribution in [0.3, 0.4) is 0 Å². The van der Waals surface area contributed by atoms with Gasteiger partial charge in [-0.05, 0) is 13.0 Å². The van der Waals surface area contributed by atoms with Crippen LogP contribution in [-0.2, 0) is 0 Å². The first-order chi connectivity index (χ1) is 8.72. The van der Waals surface area contributed by atoms with Gasteiger partial charge < -0.3 is 10.3 Å². The molecular weight excluding hydrogens is 248 g/mol. The van der Waals surface area contributed by atoms with E-state index in [1.54, 1.807) is 6.20 Å². The molecule has 0 radical (unpaired) electrons. The molecule has 18 heavy (non-hydrogen) atoms. The maximum Gasteiger partial charge on any atom is 0.270 e. The minimum Gasteiger partial charge on any atom is -0.375 e. The van der Waals surface area contributed by atoms with Gasteiger partial charge in [-0.3, -0.25) is 0 Å². The molecule has 0 aliphatic heterocycles.